The molecule has 5 atom stereocenters. The molecule has 0 saturated carbocycles. The molecular formula is C21H37F3NO7PSi. The fraction of sp³-hybridized carbons (Fsp3) is 0.810. The van der Waals surface area contributed by atoms with Crippen molar-refractivity contribution in [3.05, 3.63) is 11.8 Å². The number of alkyl halides is 3. The number of rotatable bonds is 10. The molecule has 1 unspecified atom stereocenters. The summed E-state index contributed by atoms with van der Waals surface area (Å²) in [4.78, 5) is 34.5. The molecule has 198 valence electrons. The van der Waals surface area contributed by atoms with Gasteiger partial charge in [-0.05, 0) is 38.9 Å². The first-order chi connectivity index (χ1) is 15.2. The van der Waals surface area contributed by atoms with Crippen LogP contribution in [0, 0.1) is 0 Å². The summed E-state index contributed by atoms with van der Waals surface area (Å²) in [7, 11) is -8.13. The van der Waals surface area contributed by atoms with Gasteiger partial charge in [-0.15, -0.1) is 0 Å². The van der Waals surface area contributed by atoms with Crippen LogP contribution in [0.1, 0.15) is 54.9 Å². The maximum Gasteiger partial charge on any atom is 0.397 e. The lowest BCUT2D eigenvalue weighted by Gasteiger charge is -2.40. The van der Waals surface area contributed by atoms with Crippen molar-refractivity contribution in [2.75, 3.05) is 6.61 Å². The van der Waals surface area contributed by atoms with E-state index in [1.54, 1.807) is 13.1 Å². The van der Waals surface area contributed by atoms with E-state index >= 15 is 4.39 Å². The van der Waals surface area contributed by atoms with Crippen LogP contribution in [0.15, 0.2) is 11.8 Å². The van der Waals surface area contributed by atoms with E-state index in [-0.39, 0.29) is 11.4 Å². The van der Waals surface area contributed by atoms with Crippen LogP contribution in [0.2, 0.25) is 18.1 Å². The zero-order valence-corrected chi connectivity index (χ0v) is 23.1. The number of carbonyl (C=O) groups is 2. The number of allylic oxidation sites excluding steroid dienone is 1. The number of hydrogen-bond acceptors (Lipinski definition) is 6. The Kier molecular flexibility index (Phi) is 9.95. The van der Waals surface area contributed by atoms with Gasteiger partial charge in [-0.25, -0.2) is 4.39 Å². The third kappa shape index (κ3) is 7.01. The van der Waals surface area contributed by atoms with Gasteiger partial charge in [0.1, 0.15) is 6.10 Å². The summed E-state index contributed by atoms with van der Waals surface area (Å²) in [6, 6.07) is 0. The first-order valence-electron chi connectivity index (χ1n) is 11.0. The van der Waals surface area contributed by atoms with Crippen LogP contribution < -0.4 is 0 Å². The number of nitrogens with zero attached hydrogens (tertiary/aromatic N) is 1. The molecule has 0 spiro atoms. The third-order valence-corrected chi connectivity index (χ3v) is 12.3. The molecule has 8 nitrogen and oxygen atoms in total. The summed E-state index contributed by atoms with van der Waals surface area (Å²) in [6.07, 6.45) is -7.22. The number of hydrogen-bond donors (Lipinski definition) is 1. The molecule has 0 aliphatic carbocycles. The van der Waals surface area contributed by atoms with Crippen molar-refractivity contribution in [2.24, 2.45) is 0 Å². The third-order valence-electron chi connectivity index (χ3n) is 6.19. The highest BCUT2D eigenvalue weighted by Gasteiger charge is 2.59. The molecule has 0 aromatic carbocycles. The lowest BCUT2D eigenvalue weighted by molar-refractivity contribution is -0.142. The van der Waals surface area contributed by atoms with Gasteiger partial charge in [-0.1, -0.05) is 20.8 Å². The summed E-state index contributed by atoms with van der Waals surface area (Å²) >= 11 is 0. The van der Waals surface area contributed by atoms with Crippen LogP contribution in [0.3, 0.4) is 0 Å². The molecule has 0 radical (unpaired) electrons. The number of ketones is 1. The average molecular weight is 532 g/mol. The minimum Gasteiger partial charge on any atom is -0.408 e. The number of carbonyl (C=O) groups excluding carboxylic acids is 2. The number of halogens is 3. The molecular weight excluding hydrogens is 494 g/mol. The van der Waals surface area contributed by atoms with Gasteiger partial charge in [0.25, 0.3) is 0 Å². The van der Waals surface area contributed by atoms with Crippen LogP contribution in [0.25, 0.3) is 0 Å². The van der Waals surface area contributed by atoms with E-state index in [1.165, 1.54) is 20.8 Å². The summed E-state index contributed by atoms with van der Waals surface area (Å²) in [5.74, 6) is -1.07. The SMILES string of the molecule is CCOP(=O)(O)C(F)(F)C[C@H]1O[C@@H](N(/C=C(/C)C(C)=O)C(C)=O)[C@H](F)[C@@H]1O[Si](C)(C)C(C)(C)C. The van der Waals surface area contributed by atoms with E-state index in [4.69, 9.17) is 9.16 Å². The Labute approximate surface area is 200 Å². The molecule has 13 heteroatoms. The standard InChI is InChI=1S/C21H37F3NO7PSi/c1-10-30-33(28,29)21(23,24)11-16-18(32-34(8,9)20(5,6)7)17(22)19(31-16)25(15(4)27)12-13(2)14(3)26/h12,16-19H,10-11H2,1-9H3,(H,28,29)/b13-12-/t16-,17-,18-,19-/m1/s1. The van der Waals surface area contributed by atoms with Crippen LogP contribution in [0.5, 0.6) is 0 Å². The summed E-state index contributed by atoms with van der Waals surface area (Å²) in [5.41, 5.74) is -4.14. The van der Waals surface area contributed by atoms with Crippen LogP contribution in [-0.4, -0.2) is 66.7 Å². The Morgan fingerprint density at radius 3 is 2.15 bits per heavy atom. The molecule has 0 aromatic rings. The lowest BCUT2D eigenvalue weighted by atomic mass is 10.1. The Morgan fingerprint density at radius 1 is 1.21 bits per heavy atom. The van der Waals surface area contributed by atoms with Gasteiger partial charge in [0.15, 0.2) is 26.5 Å². The fourth-order valence-electron chi connectivity index (χ4n) is 3.01. The predicted molar refractivity (Wildman–Crippen MR) is 124 cm³/mol. The largest absolute Gasteiger partial charge is 0.408 e. The number of Topliss-reactive ketones (excluding diaryl/α,β-unsaturated/α-hetero) is 1. The summed E-state index contributed by atoms with van der Waals surface area (Å²) < 4.78 is 73.5. The van der Waals surface area contributed by atoms with Gasteiger partial charge >= 0.3 is 13.3 Å². The normalized spacial score (nSPS) is 26.3. The Balaban J connectivity index is 3.47. The van der Waals surface area contributed by atoms with Crippen molar-refractivity contribution < 1.29 is 45.9 Å². The molecule has 0 aromatic heterocycles. The molecule has 1 amide bonds. The molecule has 1 rings (SSSR count). The monoisotopic (exact) mass is 531 g/mol. The molecule has 1 saturated heterocycles. The van der Waals surface area contributed by atoms with Crippen molar-refractivity contribution in [1.29, 1.82) is 0 Å². The van der Waals surface area contributed by atoms with Crippen LogP contribution >= 0.6 is 7.60 Å². The highest BCUT2D eigenvalue weighted by Crippen LogP contribution is 2.60. The van der Waals surface area contributed by atoms with Gasteiger partial charge in [-0.3, -0.25) is 19.1 Å². The topological polar surface area (TPSA) is 102 Å². The fourth-order valence-corrected chi connectivity index (χ4v) is 5.28. The zero-order chi connectivity index (χ0) is 26.9. The van der Waals surface area contributed by atoms with Gasteiger partial charge in [0.2, 0.25) is 5.91 Å². The maximum atomic E-state index is 15.8. The number of amides is 1. The van der Waals surface area contributed by atoms with Crippen LogP contribution in [0.4, 0.5) is 13.2 Å². The van der Waals surface area contributed by atoms with Crippen molar-refractivity contribution in [1.82, 2.24) is 4.90 Å². The molecule has 1 aliphatic rings. The van der Waals surface area contributed by atoms with Crippen molar-refractivity contribution in [3.63, 3.8) is 0 Å². The van der Waals surface area contributed by atoms with E-state index in [1.807, 2.05) is 20.8 Å². The van der Waals surface area contributed by atoms with E-state index in [0.29, 0.717) is 0 Å². The minimum absolute atomic E-state index is 0.123. The second-order valence-corrected chi connectivity index (χ2v) is 16.7. The van der Waals surface area contributed by atoms with Gasteiger partial charge < -0.3 is 18.6 Å². The zero-order valence-electron chi connectivity index (χ0n) is 21.2. The molecule has 0 bridgehead atoms. The first-order valence-corrected chi connectivity index (χ1v) is 15.5. The smallest absolute Gasteiger partial charge is 0.397 e. The van der Waals surface area contributed by atoms with Gasteiger partial charge in [-0.2, -0.15) is 8.78 Å². The summed E-state index contributed by atoms with van der Waals surface area (Å²) in [6.45, 7) is 13.9. The highest BCUT2D eigenvalue weighted by molar-refractivity contribution is 7.54. The molecule has 1 fully saturated rings. The summed E-state index contributed by atoms with van der Waals surface area (Å²) in [5, 5.41) is -0.416. The van der Waals surface area contributed by atoms with Crippen molar-refractivity contribution in [2.45, 2.75) is 103 Å². The van der Waals surface area contributed by atoms with Gasteiger partial charge in [0, 0.05) is 18.7 Å². The highest BCUT2D eigenvalue weighted by atomic mass is 31.2. The van der Waals surface area contributed by atoms with Crippen LogP contribution in [-0.2, 0) is 27.8 Å². The minimum atomic E-state index is -5.39. The second kappa shape index (κ2) is 10.9. The second-order valence-electron chi connectivity index (χ2n) is 9.96. The Morgan fingerprint density at radius 2 is 1.74 bits per heavy atom. The number of ether oxygens (including phenoxy) is 1. The molecule has 1 N–H and O–H groups in total. The van der Waals surface area contributed by atoms with Gasteiger partial charge in [0.05, 0.1) is 19.1 Å². The predicted octanol–water partition coefficient (Wildman–Crippen LogP) is 4.99. The van der Waals surface area contributed by atoms with E-state index in [9.17, 15) is 27.8 Å². The Bertz CT molecular complexity index is 847. The van der Waals surface area contributed by atoms with E-state index in [2.05, 4.69) is 4.52 Å². The average Bonchev–Trinajstić information content (AvgIpc) is 2.92. The molecule has 1 aliphatic heterocycles. The van der Waals surface area contributed by atoms with E-state index < -0.39 is 70.2 Å². The quantitative estimate of drug-likeness (QED) is 0.241. The van der Waals surface area contributed by atoms with E-state index in [0.717, 1.165) is 18.0 Å². The first kappa shape index (κ1) is 31.0. The maximum absolute atomic E-state index is 15.8. The van der Waals surface area contributed by atoms with Crippen molar-refractivity contribution in [3.8, 4) is 0 Å². The lowest BCUT2D eigenvalue weighted by Crippen LogP contribution is -2.50. The van der Waals surface area contributed by atoms with Crippen molar-refractivity contribution >= 4 is 27.6 Å². The molecule has 34 heavy (non-hydrogen) atoms. The Hall–Kier alpha value is -1.04. The molecule has 1 heterocycles.